The number of hydrogen-bond donors (Lipinski definition) is 0. The minimum Gasteiger partial charge on any atom is -0.496 e. The van der Waals surface area contributed by atoms with Crippen molar-refractivity contribution in [2.75, 3.05) is 14.2 Å². The molecule has 0 spiro atoms. The molecule has 102 valence electrons. The fourth-order valence-corrected chi connectivity index (χ4v) is 1.93. The van der Waals surface area contributed by atoms with Gasteiger partial charge in [-0.25, -0.2) is 0 Å². The lowest BCUT2D eigenvalue weighted by Gasteiger charge is -2.03. The van der Waals surface area contributed by atoms with Crippen LogP contribution in [-0.2, 0) is 0 Å². The molecular weight excluding hydrogens is 248 g/mol. The van der Waals surface area contributed by atoms with E-state index in [1.165, 1.54) is 0 Å². The topological polar surface area (TPSA) is 18.5 Å². The van der Waals surface area contributed by atoms with Crippen molar-refractivity contribution < 1.29 is 9.47 Å². The Labute approximate surface area is 120 Å². The van der Waals surface area contributed by atoms with Gasteiger partial charge in [0.05, 0.1) is 14.2 Å². The average molecular weight is 266 g/mol. The molecule has 0 unspecified atom stereocenters. The summed E-state index contributed by atoms with van der Waals surface area (Å²) in [6.45, 7) is 0. The Kier molecular flexibility index (Phi) is 5.01. The van der Waals surface area contributed by atoms with Crippen molar-refractivity contribution in [1.82, 2.24) is 0 Å². The minimum atomic E-state index is 0.870. The molecule has 0 aliphatic heterocycles. The normalized spacial score (nSPS) is 11.1. The van der Waals surface area contributed by atoms with Gasteiger partial charge >= 0.3 is 0 Å². The van der Waals surface area contributed by atoms with Crippen LogP contribution in [0.25, 0.3) is 12.2 Å². The highest BCUT2D eigenvalue weighted by atomic mass is 16.5. The summed E-state index contributed by atoms with van der Waals surface area (Å²) >= 11 is 0. The molecule has 0 bridgehead atoms. The molecule has 2 aromatic rings. The Balaban J connectivity index is 2.11. The summed E-state index contributed by atoms with van der Waals surface area (Å²) in [6.07, 6.45) is 8.02. The molecule has 2 rings (SSSR count). The van der Waals surface area contributed by atoms with E-state index in [4.69, 9.17) is 9.47 Å². The third-order valence-corrected chi connectivity index (χ3v) is 2.94. The zero-order chi connectivity index (χ0) is 14.2. The molecule has 0 aromatic heterocycles. The van der Waals surface area contributed by atoms with Gasteiger partial charge in [0.1, 0.15) is 11.5 Å². The van der Waals surface area contributed by atoms with Crippen LogP contribution in [0.4, 0.5) is 0 Å². The summed E-state index contributed by atoms with van der Waals surface area (Å²) < 4.78 is 10.6. The van der Waals surface area contributed by atoms with E-state index in [9.17, 15) is 0 Å². The van der Waals surface area contributed by atoms with Crippen molar-refractivity contribution in [3.8, 4) is 11.5 Å². The first kappa shape index (κ1) is 13.9. The minimum absolute atomic E-state index is 0.870. The first-order valence-corrected chi connectivity index (χ1v) is 6.46. The van der Waals surface area contributed by atoms with E-state index < -0.39 is 0 Å². The number of hydrogen-bond acceptors (Lipinski definition) is 2. The zero-order valence-electron chi connectivity index (χ0n) is 11.7. The Hall–Kier alpha value is -2.48. The van der Waals surface area contributed by atoms with Gasteiger partial charge in [-0.2, -0.15) is 0 Å². The molecule has 0 fully saturated rings. The van der Waals surface area contributed by atoms with E-state index in [1.54, 1.807) is 14.2 Å². The fourth-order valence-electron chi connectivity index (χ4n) is 1.93. The average Bonchev–Trinajstić information content (AvgIpc) is 2.52. The Morgan fingerprint density at radius 1 is 0.650 bits per heavy atom. The Morgan fingerprint density at radius 2 is 1.05 bits per heavy atom. The van der Waals surface area contributed by atoms with E-state index in [2.05, 4.69) is 0 Å². The SMILES string of the molecule is COc1ccccc1/C=C/C=C/c1ccccc1OC. The summed E-state index contributed by atoms with van der Waals surface area (Å²) in [5, 5.41) is 0. The quantitative estimate of drug-likeness (QED) is 0.745. The van der Waals surface area contributed by atoms with Crippen LogP contribution in [0.5, 0.6) is 11.5 Å². The maximum absolute atomic E-state index is 5.30. The highest BCUT2D eigenvalue weighted by molar-refractivity contribution is 5.63. The second-order valence-electron chi connectivity index (χ2n) is 4.20. The highest BCUT2D eigenvalue weighted by Crippen LogP contribution is 2.20. The molecule has 0 aliphatic rings. The summed E-state index contributed by atoms with van der Waals surface area (Å²) in [5.74, 6) is 1.74. The molecular formula is C18H18O2. The molecule has 2 nitrogen and oxygen atoms in total. The number of para-hydroxylation sites is 2. The molecule has 2 heteroatoms. The van der Waals surface area contributed by atoms with E-state index in [-0.39, 0.29) is 0 Å². The molecule has 0 heterocycles. The van der Waals surface area contributed by atoms with Crippen LogP contribution in [0.3, 0.4) is 0 Å². The van der Waals surface area contributed by atoms with Crippen molar-refractivity contribution in [3.63, 3.8) is 0 Å². The maximum Gasteiger partial charge on any atom is 0.126 e. The van der Waals surface area contributed by atoms with E-state index in [1.807, 2.05) is 72.8 Å². The fraction of sp³-hybridized carbons (Fsp3) is 0.111. The molecule has 0 N–H and O–H groups in total. The van der Waals surface area contributed by atoms with Gasteiger partial charge in [0.25, 0.3) is 0 Å². The lowest BCUT2D eigenvalue weighted by molar-refractivity contribution is 0.413. The van der Waals surface area contributed by atoms with Crippen molar-refractivity contribution in [2.24, 2.45) is 0 Å². The second-order valence-corrected chi connectivity index (χ2v) is 4.20. The van der Waals surface area contributed by atoms with Gasteiger partial charge < -0.3 is 9.47 Å². The van der Waals surface area contributed by atoms with Gasteiger partial charge in [0, 0.05) is 11.1 Å². The molecule has 0 amide bonds. The van der Waals surface area contributed by atoms with Gasteiger partial charge in [0.15, 0.2) is 0 Å². The zero-order valence-corrected chi connectivity index (χ0v) is 11.7. The van der Waals surface area contributed by atoms with E-state index >= 15 is 0 Å². The van der Waals surface area contributed by atoms with Crippen LogP contribution in [-0.4, -0.2) is 14.2 Å². The second kappa shape index (κ2) is 7.19. The number of rotatable bonds is 5. The third kappa shape index (κ3) is 3.51. The molecule has 0 saturated carbocycles. The van der Waals surface area contributed by atoms with Crippen molar-refractivity contribution in [1.29, 1.82) is 0 Å². The Bertz CT molecular complexity index is 557. The van der Waals surface area contributed by atoms with Crippen LogP contribution >= 0.6 is 0 Å². The number of benzene rings is 2. The first-order chi connectivity index (χ1) is 9.85. The summed E-state index contributed by atoms with van der Waals surface area (Å²) in [6, 6.07) is 15.8. The van der Waals surface area contributed by atoms with Gasteiger partial charge in [-0.15, -0.1) is 0 Å². The van der Waals surface area contributed by atoms with Gasteiger partial charge in [-0.05, 0) is 12.1 Å². The van der Waals surface area contributed by atoms with E-state index in [0.29, 0.717) is 0 Å². The highest BCUT2D eigenvalue weighted by Gasteiger charge is 1.96. The lowest BCUT2D eigenvalue weighted by atomic mass is 10.1. The third-order valence-electron chi connectivity index (χ3n) is 2.94. The van der Waals surface area contributed by atoms with Gasteiger partial charge in [-0.1, -0.05) is 60.7 Å². The van der Waals surface area contributed by atoms with Crippen LogP contribution < -0.4 is 9.47 Å². The van der Waals surface area contributed by atoms with E-state index in [0.717, 1.165) is 22.6 Å². The molecule has 20 heavy (non-hydrogen) atoms. The molecule has 2 aromatic carbocycles. The van der Waals surface area contributed by atoms with Gasteiger partial charge in [-0.3, -0.25) is 0 Å². The monoisotopic (exact) mass is 266 g/mol. The Morgan fingerprint density at radius 3 is 1.45 bits per heavy atom. The van der Waals surface area contributed by atoms with Crippen molar-refractivity contribution in [2.45, 2.75) is 0 Å². The maximum atomic E-state index is 5.30. The summed E-state index contributed by atoms with van der Waals surface area (Å²) in [4.78, 5) is 0. The van der Waals surface area contributed by atoms with Crippen LogP contribution in [0.1, 0.15) is 11.1 Å². The number of methoxy groups -OCH3 is 2. The predicted octanol–water partition coefficient (Wildman–Crippen LogP) is 4.43. The number of allylic oxidation sites excluding steroid dienone is 2. The smallest absolute Gasteiger partial charge is 0.126 e. The largest absolute Gasteiger partial charge is 0.496 e. The predicted molar refractivity (Wildman–Crippen MR) is 84.1 cm³/mol. The summed E-state index contributed by atoms with van der Waals surface area (Å²) in [5.41, 5.74) is 2.11. The van der Waals surface area contributed by atoms with Crippen LogP contribution in [0, 0.1) is 0 Å². The van der Waals surface area contributed by atoms with Gasteiger partial charge in [0.2, 0.25) is 0 Å². The van der Waals surface area contributed by atoms with Crippen LogP contribution in [0.2, 0.25) is 0 Å². The first-order valence-electron chi connectivity index (χ1n) is 6.46. The molecule has 0 radical (unpaired) electrons. The molecule has 0 aliphatic carbocycles. The molecule has 0 saturated heterocycles. The van der Waals surface area contributed by atoms with Crippen LogP contribution in [0.15, 0.2) is 60.7 Å². The summed E-state index contributed by atoms with van der Waals surface area (Å²) in [7, 11) is 3.36. The number of ether oxygens (including phenoxy) is 2. The molecule has 0 atom stereocenters. The standard InChI is InChI=1S/C18H18O2/c1-19-17-13-7-5-11-15(17)9-3-4-10-16-12-6-8-14-18(16)20-2/h3-14H,1-2H3/b9-3+,10-4+. The van der Waals surface area contributed by atoms with Crippen molar-refractivity contribution in [3.05, 3.63) is 71.8 Å². The van der Waals surface area contributed by atoms with Crippen molar-refractivity contribution >= 4 is 12.2 Å². The lowest BCUT2D eigenvalue weighted by Crippen LogP contribution is -1.85.